The van der Waals surface area contributed by atoms with Gasteiger partial charge in [0.05, 0.1) is 0 Å². The number of nitrogens with one attached hydrogen (secondary N) is 2. The number of nitrogens with zero attached hydrogens (tertiary/aromatic N) is 2. The Hall–Kier alpha value is -0.850. The summed E-state index contributed by atoms with van der Waals surface area (Å²) in [7, 11) is 0. The molecular weight excluding hydrogens is 327 g/mol. The Labute approximate surface area is 115 Å². The van der Waals surface area contributed by atoms with E-state index in [1.165, 1.54) is 17.3 Å². The van der Waals surface area contributed by atoms with Gasteiger partial charge in [-0.3, -0.25) is 0 Å². The Morgan fingerprint density at radius 2 is 1.53 bits per heavy atom. The van der Waals surface area contributed by atoms with Gasteiger partial charge in [-0.1, -0.05) is 22.6 Å². The maximum Gasteiger partial charge on any atom is 0.106 e. The zero-order valence-electron chi connectivity index (χ0n) is 9.69. The van der Waals surface area contributed by atoms with Gasteiger partial charge in [0.2, 0.25) is 0 Å². The highest BCUT2D eigenvalue weighted by Gasteiger charge is 2.09. The minimum absolute atomic E-state index is 0.741. The van der Waals surface area contributed by atoms with E-state index in [0.717, 1.165) is 30.4 Å². The molecular formula is C12H17IN4. The van der Waals surface area contributed by atoms with Crippen LogP contribution in [0.5, 0.6) is 0 Å². The summed E-state index contributed by atoms with van der Waals surface area (Å²) < 4.78 is 1.19. The van der Waals surface area contributed by atoms with Crippen LogP contribution >= 0.6 is 22.6 Å². The van der Waals surface area contributed by atoms with Crippen LogP contribution in [0.25, 0.3) is 0 Å². The molecule has 0 amide bonds. The second kappa shape index (κ2) is 6.78. The van der Waals surface area contributed by atoms with Gasteiger partial charge >= 0.3 is 0 Å². The number of hydrogen-bond donors (Lipinski definition) is 2. The van der Waals surface area contributed by atoms with Crippen LogP contribution in [0.1, 0.15) is 24.5 Å². The quantitative estimate of drug-likeness (QED) is 0.599. The average molecular weight is 344 g/mol. The Kier molecular flexibility index (Phi) is 5.03. The summed E-state index contributed by atoms with van der Waals surface area (Å²) in [6.07, 6.45) is 11.9. The molecule has 0 aromatic carbocycles. The lowest BCUT2D eigenvalue weighted by atomic mass is 9.99. The maximum absolute atomic E-state index is 4.26. The number of rotatable bonds is 7. The molecule has 0 aliphatic heterocycles. The molecule has 0 bridgehead atoms. The van der Waals surface area contributed by atoms with Gasteiger partial charge in [0, 0.05) is 42.1 Å². The highest BCUT2D eigenvalue weighted by atomic mass is 127. The number of H-pyrrole nitrogens is 2. The van der Waals surface area contributed by atoms with Gasteiger partial charge in [0.15, 0.2) is 0 Å². The van der Waals surface area contributed by atoms with E-state index in [4.69, 9.17) is 0 Å². The summed E-state index contributed by atoms with van der Waals surface area (Å²) in [5.41, 5.74) is 0. The van der Waals surface area contributed by atoms with E-state index in [0.29, 0.717) is 0 Å². The first kappa shape index (κ1) is 12.6. The van der Waals surface area contributed by atoms with Crippen molar-refractivity contribution in [2.45, 2.75) is 25.7 Å². The fourth-order valence-electron chi connectivity index (χ4n) is 1.85. The van der Waals surface area contributed by atoms with Crippen molar-refractivity contribution in [3.8, 4) is 0 Å². The third-order valence-corrected chi connectivity index (χ3v) is 4.15. The number of aromatic nitrogens is 4. The van der Waals surface area contributed by atoms with Crippen molar-refractivity contribution in [2.75, 3.05) is 4.43 Å². The number of imidazole rings is 2. The number of alkyl halides is 1. The molecule has 2 aromatic heterocycles. The molecule has 0 saturated heterocycles. The van der Waals surface area contributed by atoms with Gasteiger partial charge in [-0.2, -0.15) is 0 Å². The second-order valence-electron chi connectivity index (χ2n) is 4.17. The first-order chi connectivity index (χ1) is 8.38. The number of hydrogen-bond acceptors (Lipinski definition) is 2. The lowest BCUT2D eigenvalue weighted by molar-refractivity contribution is 0.497. The van der Waals surface area contributed by atoms with Crippen LogP contribution in [0.4, 0.5) is 0 Å². The molecule has 0 fully saturated rings. The van der Waals surface area contributed by atoms with Gasteiger partial charge in [-0.15, -0.1) is 0 Å². The molecule has 0 atom stereocenters. The molecule has 0 saturated carbocycles. The zero-order valence-corrected chi connectivity index (χ0v) is 11.9. The molecule has 92 valence electrons. The topological polar surface area (TPSA) is 57.4 Å². The van der Waals surface area contributed by atoms with Gasteiger partial charge in [0.1, 0.15) is 11.6 Å². The first-order valence-electron chi connectivity index (χ1n) is 5.91. The highest BCUT2D eigenvalue weighted by Crippen LogP contribution is 2.16. The summed E-state index contributed by atoms with van der Waals surface area (Å²) in [4.78, 5) is 14.8. The second-order valence-corrected chi connectivity index (χ2v) is 5.05. The van der Waals surface area contributed by atoms with Crippen molar-refractivity contribution in [3.63, 3.8) is 0 Å². The molecule has 2 heterocycles. The van der Waals surface area contributed by atoms with Gasteiger partial charge in [-0.05, 0) is 18.8 Å². The number of halogens is 1. The van der Waals surface area contributed by atoms with Crippen LogP contribution in [0.2, 0.25) is 0 Å². The van der Waals surface area contributed by atoms with E-state index < -0.39 is 0 Å². The molecule has 5 heteroatoms. The first-order valence-corrected chi connectivity index (χ1v) is 7.43. The molecule has 2 aromatic rings. The number of aromatic amines is 2. The van der Waals surface area contributed by atoms with E-state index in [1.807, 2.05) is 24.8 Å². The lowest BCUT2D eigenvalue weighted by Crippen LogP contribution is -2.07. The van der Waals surface area contributed by atoms with E-state index in [1.54, 1.807) is 0 Å². The summed E-state index contributed by atoms with van der Waals surface area (Å²) in [5, 5.41) is 0. The van der Waals surface area contributed by atoms with Gasteiger partial charge in [-0.25, -0.2) is 9.97 Å². The molecule has 0 aliphatic rings. The van der Waals surface area contributed by atoms with Crippen molar-refractivity contribution >= 4 is 22.6 Å². The molecule has 0 spiro atoms. The lowest BCUT2D eigenvalue weighted by Gasteiger charge is -2.12. The maximum atomic E-state index is 4.26. The third kappa shape index (κ3) is 4.14. The van der Waals surface area contributed by atoms with Crippen LogP contribution in [0.3, 0.4) is 0 Å². The van der Waals surface area contributed by atoms with Crippen molar-refractivity contribution in [2.24, 2.45) is 5.92 Å². The Morgan fingerprint density at radius 1 is 1.00 bits per heavy atom. The fourth-order valence-corrected chi connectivity index (χ4v) is 2.73. The molecule has 17 heavy (non-hydrogen) atoms. The standard InChI is InChI=1S/C12H17IN4/c13-9-10(1-3-11-14-5-6-15-11)2-4-12-16-7-8-17-12/h5-8,10H,1-4,9H2,(H,14,15)(H,16,17). The van der Waals surface area contributed by atoms with E-state index in [-0.39, 0.29) is 0 Å². The summed E-state index contributed by atoms with van der Waals surface area (Å²) >= 11 is 2.47. The minimum Gasteiger partial charge on any atom is -0.349 e. The van der Waals surface area contributed by atoms with Crippen LogP contribution in [-0.4, -0.2) is 24.4 Å². The smallest absolute Gasteiger partial charge is 0.106 e. The largest absolute Gasteiger partial charge is 0.349 e. The monoisotopic (exact) mass is 344 g/mol. The van der Waals surface area contributed by atoms with E-state index in [2.05, 4.69) is 42.5 Å². The van der Waals surface area contributed by atoms with Crippen molar-refractivity contribution in [1.29, 1.82) is 0 Å². The summed E-state index contributed by atoms with van der Waals surface area (Å²) in [6, 6.07) is 0. The Morgan fingerprint density at radius 3 is 1.88 bits per heavy atom. The minimum atomic E-state index is 0.741. The van der Waals surface area contributed by atoms with Crippen LogP contribution in [-0.2, 0) is 12.8 Å². The SMILES string of the molecule is ICC(CCc1ncc[nH]1)CCc1ncc[nH]1. The van der Waals surface area contributed by atoms with Gasteiger partial charge in [0.25, 0.3) is 0 Å². The predicted molar refractivity (Wildman–Crippen MR) is 76.2 cm³/mol. The molecule has 0 radical (unpaired) electrons. The Balaban J connectivity index is 1.73. The van der Waals surface area contributed by atoms with E-state index in [9.17, 15) is 0 Å². The highest BCUT2D eigenvalue weighted by molar-refractivity contribution is 14.1. The average Bonchev–Trinajstić information content (AvgIpc) is 3.02. The predicted octanol–water partition coefficient (Wildman–Crippen LogP) is 2.75. The molecule has 4 nitrogen and oxygen atoms in total. The zero-order chi connectivity index (χ0) is 11.9. The third-order valence-electron chi connectivity index (χ3n) is 2.91. The molecule has 0 unspecified atom stereocenters. The van der Waals surface area contributed by atoms with Crippen LogP contribution < -0.4 is 0 Å². The van der Waals surface area contributed by atoms with Crippen molar-refractivity contribution in [1.82, 2.24) is 19.9 Å². The number of aryl methyl sites for hydroxylation is 2. The van der Waals surface area contributed by atoms with Crippen LogP contribution in [0, 0.1) is 5.92 Å². The fraction of sp³-hybridized carbons (Fsp3) is 0.500. The van der Waals surface area contributed by atoms with Crippen molar-refractivity contribution in [3.05, 3.63) is 36.4 Å². The Bertz CT molecular complexity index is 358. The molecule has 0 aliphatic carbocycles. The molecule has 2 N–H and O–H groups in total. The summed E-state index contributed by atoms with van der Waals surface area (Å²) in [6.45, 7) is 0. The van der Waals surface area contributed by atoms with E-state index >= 15 is 0 Å². The van der Waals surface area contributed by atoms with Crippen molar-refractivity contribution < 1.29 is 0 Å². The summed E-state index contributed by atoms with van der Waals surface area (Å²) in [5.74, 6) is 2.93. The van der Waals surface area contributed by atoms with Crippen LogP contribution in [0.15, 0.2) is 24.8 Å². The molecule has 2 rings (SSSR count). The van der Waals surface area contributed by atoms with Gasteiger partial charge < -0.3 is 9.97 Å². The normalized spacial score (nSPS) is 11.2.